The Bertz CT molecular complexity index is 721. The largest absolute Gasteiger partial charge is 0.372 e. The van der Waals surface area contributed by atoms with E-state index in [2.05, 4.69) is 53.5 Å². The molecule has 0 heterocycles. The zero-order valence-corrected chi connectivity index (χ0v) is 14.9. The Kier molecular flexibility index (Phi) is 5.49. The smallest absolute Gasteiger partial charge is 0.243 e. The van der Waals surface area contributed by atoms with Crippen molar-refractivity contribution >= 4 is 17.8 Å². The van der Waals surface area contributed by atoms with Gasteiger partial charge in [-0.2, -0.15) is 5.10 Å². The molecule has 1 N–H and O–H groups in total. The SMILES string of the molecule is CCN(CC)c1ccc(/C=N/NC(=O)C2CC2c2ccccc2)cc1. The Hall–Kier alpha value is -2.62. The number of hydrazone groups is 1. The van der Waals surface area contributed by atoms with E-state index < -0.39 is 0 Å². The van der Waals surface area contributed by atoms with E-state index in [0.29, 0.717) is 5.92 Å². The van der Waals surface area contributed by atoms with Gasteiger partial charge in [0.25, 0.3) is 0 Å². The van der Waals surface area contributed by atoms with E-state index in [1.54, 1.807) is 6.21 Å². The van der Waals surface area contributed by atoms with Crippen molar-refractivity contribution in [2.75, 3.05) is 18.0 Å². The molecule has 0 bridgehead atoms. The molecule has 0 saturated heterocycles. The molecule has 130 valence electrons. The van der Waals surface area contributed by atoms with Crippen LogP contribution in [0.25, 0.3) is 0 Å². The Labute approximate surface area is 149 Å². The summed E-state index contributed by atoms with van der Waals surface area (Å²) in [7, 11) is 0. The summed E-state index contributed by atoms with van der Waals surface area (Å²) in [5.74, 6) is 0.388. The van der Waals surface area contributed by atoms with E-state index in [-0.39, 0.29) is 11.8 Å². The summed E-state index contributed by atoms with van der Waals surface area (Å²) >= 11 is 0. The summed E-state index contributed by atoms with van der Waals surface area (Å²) < 4.78 is 0. The zero-order valence-electron chi connectivity index (χ0n) is 14.9. The van der Waals surface area contributed by atoms with E-state index in [1.807, 2.05) is 30.3 Å². The molecule has 4 nitrogen and oxygen atoms in total. The predicted molar refractivity (Wildman–Crippen MR) is 103 cm³/mol. The molecule has 2 atom stereocenters. The van der Waals surface area contributed by atoms with Gasteiger partial charge >= 0.3 is 0 Å². The molecule has 1 amide bonds. The highest BCUT2D eigenvalue weighted by molar-refractivity contribution is 5.85. The van der Waals surface area contributed by atoms with Gasteiger partial charge in [-0.25, -0.2) is 5.43 Å². The molecule has 2 unspecified atom stereocenters. The van der Waals surface area contributed by atoms with Gasteiger partial charge in [0, 0.05) is 24.7 Å². The minimum Gasteiger partial charge on any atom is -0.372 e. The highest BCUT2D eigenvalue weighted by Crippen LogP contribution is 2.47. The fraction of sp³-hybridized carbons (Fsp3) is 0.333. The number of nitrogens with zero attached hydrogens (tertiary/aromatic N) is 2. The Morgan fingerprint density at radius 3 is 2.44 bits per heavy atom. The maximum absolute atomic E-state index is 12.2. The van der Waals surface area contributed by atoms with Crippen LogP contribution in [0.2, 0.25) is 0 Å². The van der Waals surface area contributed by atoms with E-state index >= 15 is 0 Å². The molecule has 0 spiro atoms. The van der Waals surface area contributed by atoms with Crippen molar-refractivity contribution in [3.05, 3.63) is 65.7 Å². The molecule has 0 radical (unpaired) electrons. The van der Waals surface area contributed by atoms with E-state index in [4.69, 9.17) is 0 Å². The van der Waals surface area contributed by atoms with Gasteiger partial charge < -0.3 is 4.90 Å². The summed E-state index contributed by atoms with van der Waals surface area (Å²) in [6.45, 7) is 6.28. The number of nitrogens with one attached hydrogen (secondary N) is 1. The van der Waals surface area contributed by atoms with Gasteiger partial charge in [0.1, 0.15) is 0 Å². The first-order valence-corrected chi connectivity index (χ1v) is 8.95. The van der Waals surface area contributed by atoms with Crippen LogP contribution in [0.15, 0.2) is 59.7 Å². The molecule has 1 fully saturated rings. The average Bonchev–Trinajstić information content (AvgIpc) is 3.46. The number of amides is 1. The van der Waals surface area contributed by atoms with Gasteiger partial charge in [0.05, 0.1) is 6.21 Å². The van der Waals surface area contributed by atoms with Gasteiger partial charge in [-0.05, 0) is 49.4 Å². The molecule has 4 heteroatoms. The number of hydrogen-bond donors (Lipinski definition) is 1. The first kappa shape index (κ1) is 17.2. The molecule has 2 aromatic rings. The van der Waals surface area contributed by atoms with Crippen LogP contribution in [-0.2, 0) is 4.79 Å². The van der Waals surface area contributed by atoms with Crippen molar-refractivity contribution in [3.8, 4) is 0 Å². The third-order valence-electron chi connectivity index (χ3n) is 4.76. The third-order valence-corrected chi connectivity index (χ3v) is 4.76. The molecule has 3 rings (SSSR count). The number of carbonyl (C=O) groups excluding carboxylic acids is 1. The van der Waals surface area contributed by atoms with Crippen LogP contribution >= 0.6 is 0 Å². The van der Waals surface area contributed by atoms with Crippen molar-refractivity contribution in [1.29, 1.82) is 0 Å². The maximum Gasteiger partial charge on any atom is 0.243 e. The fourth-order valence-corrected chi connectivity index (χ4v) is 3.17. The van der Waals surface area contributed by atoms with Crippen LogP contribution in [-0.4, -0.2) is 25.2 Å². The standard InChI is InChI=1S/C21H25N3O/c1-3-24(4-2)18-12-10-16(11-13-18)15-22-23-21(25)20-14-19(20)17-8-6-5-7-9-17/h5-13,15,19-20H,3-4,14H2,1-2H3,(H,23,25)/b22-15+. The molecule has 2 aromatic carbocycles. The zero-order chi connectivity index (χ0) is 17.6. The summed E-state index contributed by atoms with van der Waals surface area (Å²) in [4.78, 5) is 14.5. The molecule has 0 aromatic heterocycles. The van der Waals surface area contributed by atoms with Gasteiger partial charge in [-0.15, -0.1) is 0 Å². The monoisotopic (exact) mass is 335 g/mol. The average molecular weight is 335 g/mol. The maximum atomic E-state index is 12.2. The molecule has 25 heavy (non-hydrogen) atoms. The lowest BCUT2D eigenvalue weighted by molar-refractivity contribution is -0.122. The Morgan fingerprint density at radius 2 is 1.80 bits per heavy atom. The first-order chi connectivity index (χ1) is 12.2. The van der Waals surface area contributed by atoms with Gasteiger partial charge in [0.2, 0.25) is 5.91 Å². The van der Waals surface area contributed by atoms with Crippen molar-refractivity contribution in [2.24, 2.45) is 11.0 Å². The van der Waals surface area contributed by atoms with E-state index in [1.165, 1.54) is 11.3 Å². The topological polar surface area (TPSA) is 44.7 Å². The van der Waals surface area contributed by atoms with Crippen molar-refractivity contribution in [3.63, 3.8) is 0 Å². The normalized spacial score (nSPS) is 19.0. The molecule has 1 saturated carbocycles. The van der Waals surface area contributed by atoms with Crippen molar-refractivity contribution in [1.82, 2.24) is 5.43 Å². The van der Waals surface area contributed by atoms with E-state index in [0.717, 1.165) is 25.1 Å². The van der Waals surface area contributed by atoms with Gasteiger partial charge in [-0.1, -0.05) is 42.5 Å². The fourth-order valence-electron chi connectivity index (χ4n) is 3.17. The second-order valence-electron chi connectivity index (χ2n) is 6.36. The van der Waals surface area contributed by atoms with E-state index in [9.17, 15) is 4.79 Å². The number of rotatable bonds is 7. The minimum absolute atomic E-state index is 0.00450. The number of benzene rings is 2. The summed E-state index contributed by atoms with van der Waals surface area (Å²) in [6.07, 6.45) is 2.60. The van der Waals surface area contributed by atoms with Crippen LogP contribution < -0.4 is 10.3 Å². The number of anilines is 1. The quantitative estimate of drug-likeness (QED) is 0.618. The lowest BCUT2D eigenvalue weighted by atomic mass is 10.1. The predicted octanol–water partition coefficient (Wildman–Crippen LogP) is 3.79. The molecule has 1 aliphatic carbocycles. The Morgan fingerprint density at radius 1 is 1.12 bits per heavy atom. The third kappa shape index (κ3) is 4.27. The second-order valence-corrected chi connectivity index (χ2v) is 6.36. The number of hydrogen-bond acceptors (Lipinski definition) is 3. The van der Waals surface area contributed by atoms with Crippen LogP contribution in [0.3, 0.4) is 0 Å². The van der Waals surface area contributed by atoms with Crippen LogP contribution in [0.4, 0.5) is 5.69 Å². The summed E-state index contributed by atoms with van der Waals surface area (Å²) in [5.41, 5.74) is 6.09. The molecular formula is C21H25N3O. The van der Waals surface area contributed by atoms with Crippen LogP contribution in [0.5, 0.6) is 0 Å². The van der Waals surface area contributed by atoms with Crippen LogP contribution in [0.1, 0.15) is 37.3 Å². The second kappa shape index (κ2) is 7.97. The highest BCUT2D eigenvalue weighted by atomic mass is 16.2. The minimum atomic E-state index is 0.00450. The molecule has 0 aliphatic heterocycles. The molecular weight excluding hydrogens is 310 g/mol. The first-order valence-electron chi connectivity index (χ1n) is 8.95. The van der Waals surface area contributed by atoms with Crippen molar-refractivity contribution < 1.29 is 4.79 Å². The lowest BCUT2D eigenvalue weighted by Gasteiger charge is -2.20. The Balaban J connectivity index is 1.51. The molecule has 1 aliphatic rings. The summed E-state index contributed by atoms with van der Waals surface area (Å²) in [6, 6.07) is 18.4. The highest BCUT2D eigenvalue weighted by Gasteiger charge is 2.43. The summed E-state index contributed by atoms with van der Waals surface area (Å²) in [5, 5.41) is 4.11. The van der Waals surface area contributed by atoms with Gasteiger partial charge in [-0.3, -0.25) is 4.79 Å². The lowest BCUT2D eigenvalue weighted by Crippen LogP contribution is -2.21. The van der Waals surface area contributed by atoms with Crippen molar-refractivity contribution in [2.45, 2.75) is 26.2 Å². The van der Waals surface area contributed by atoms with Crippen LogP contribution in [0, 0.1) is 5.92 Å². The number of carbonyl (C=O) groups is 1. The van der Waals surface area contributed by atoms with Gasteiger partial charge in [0.15, 0.2) is 0 Å².